The van der Waals surface area contributed by atoms with Crippen LogP contribution in [-0.4, -0.2) is 31.1 Å². The third-order valence-electron chi connectivity index (χ3n) is 5.46. The summed E-state index contributed by atoms with van der Waals surface area (Å²) < 4.78 is 74.4. The van der Waals surface area contributed by atoms with E-state index in [0.29, 0.717) is 12.3 Å². The molecule has 192 valence electrons. The Hall–Kier alpha value is -4.59. The molecule has 0 aliphatic carbocycles. The van der Waals surface area contributed by atoms with E-state index >= 15 is 0 Å². The molecule has 0 atom stereocenters. The molecule has 1 aromatic carbocycles. The molecule has 1 amide bonds. The number of aromatic amines is 1. The number of pyridine rings is 3. The number of carbonyl (C=O) groups excluding carboxylic acids is 1. The van der Waals surface area contributed by atoms with Crippen molar-refractivity contribution in [2.75, 3.05) is 0 Å². The number of alkyl halides is 3. The van der Waals surface area contributed by atoms with Gasteiger partial charge in [0.05, 0.1) is 39.9 Å². The fraction of sp³-hybridized carbons (Fsp3) is 0.130. The van der Waals surface area contributed by atoms with Gasteiger partial charge >= 0.3 is 6.18 Å². The number of halogens is 5. The minimum atomic E-state index is -4.88. The number of fused-ring (bicyclic) bond motifs is 1. The van der Waals surface area contributed by atoms with E-state index in [0.717, 1.165) is 19.2 Å². The molecule has 0 aliphatic heterocycles. The smallest absolute Gasteiger partial charge is 0.418 e. The van der Waals surface area contributed by atoms with Crippen LogP contribution in [0.25, 0.3) is 22.2 Å². The number of hydrogen-bond acceptors (Lipinski definition) is 7. The Bertz CT molecular complexity index is 1640. The maximum absolute atomic E-state index is 14.2. The van der Waals surface area contributed by atoms with Crippen LogP contribution in [0.2, 0.25) is 0 Å². The number of amides is 1. The van der Waals surface area contributed by atoms with Crippen LogP contribution in [0, 0.1) is 18.6 Å². The number of aliphatic hydroxyl groups excluding tert-OH is 1. The molecule has 14 heteroatoms. The van der Waals surface area contributed by atoms with Gasteiger partial charge in [0.2, 0.25) is 5.88 Å². The highest BCUT2D eigenvalue weighted by Crippen LogP contribution is 2.43. The lowest BCUT2D eigenvalue weighted by atomic mass is 10.0. The quantitative estimate of drug-likeness (QED) is 0.292. The molecule has 0 bridgehead atoms. The second-order valence-electron chi connectivity index (χ2n) is 7.73. The van der Waals surface area contributed by atoms with E-state index in [1.807, 2.05) is 0 Å². The van der Waals surface area contributed by atoms with Gasteiger partial charge in [0.25, 0.3) is 5.91 Å². The van der Waals surface area contributed by atoms with Crippen molar-refractivity contribution in [3.8, 4) is 28.6 Å². The number of nitrogens with one attached hydrogen (secondary N) is 1. The van der Waals surface area contributed by atoms with Gasteiger partial charge in [-0.1, -0.05) is 0 Å². The number of carbonyl (C=O) groups is 1. The number of aromatic hydroxyl groups is 1. The Morgan fingerprint density at radius 1 is 1.22 bits per heavy atom. The monoisotopic (exact) mass is 522 g/mol. The Morgan fingerprint density at radius 3 is 2.54 bits per heavy atom. The number of aliphatic hydroxyl groups is 1. The number of benzene rings is 1. The van der Waals surface area contributed by atoms with Crippen molar-refractivity contribution < 1.29 is 41.7 Å². The van der Waals surface area contributed by atoms with E-state index in [1.54, 1.807) is 0 Å². The Morgan fingerprint density at radius 2 is 1.92 bits per heavy atom. The number of nitrogens with zero attached hydrogens (tertiary/aromatic N) is 2. The van der Waals surface area contributed by atoms with Crippen molar-refractivity contribution in [1.82, 2.24) is 15.0 Å². The zero-order valence-electron chi connectivity index (χ0n) is 18.6. The minimum Gasteiger partial charge on any atom is -0.504 e. The van der Waals surface area contributed by atoms with Crippen molar-refractivity contribution in [3.63, 3.8) is 0 Å². The molecule has 0 spiro atoms. The molecule has 0 aliphatic rings. The molecule has 0 saturated heterocycles. The van der Waals surface area contributed by atoms with Crippen molar-refractivity contribution in [2.45, 2.75) is 19.7 Å². The van der Waals surface area contributed by atoms with Crippen molar-refractivity contribution in [2.24, 2.45) is 5.73 Å². The summed E-state index contributed by atoms with van der Waals surface area (Å²) in [7, 11) is 0. The molecule has 0 radical (unpaired) electrons. The predicted octanol–water partition coefficient (Wildman–Crippen LogP) is 3.68. The number of phenols is 1. The van der Waals surface area contributed by atoms with Crippen molar-refractivity contribution in [1.29, 1.82) is 0 Å². The van der Waals surface area contributed by atoms with Crippen LogP contribution in [-0.2, 0) is 12.8 Å². The normalized spacial score (nSPS) is 11.6. The lowest BCUT2D eigenvalue weighted by Gasteiger charge is -2.19. The average molecular weight is 522 g/mol. The van der Waals surface area contributed by atoms with Gasteiger partial charge in [-0.05, 0) is 18.6 Å². The number of primary amides is 1. The molecule has 0 saturated carbocycles. The van der Waals surface area contributed by atoms with Gasteiger partial charge in [0.1, 0.15) is 5.69 Å². The highest BCUT2D eigenvalue weighted by molar-refractivity contribution is 6.03. The Kier molecular flexibility index (Phi) is 6.29. The molecule has 37 heavy (non-hydrogen) atoms. The van der Waals surface area contributed by atoms with Gasteiger partial charge in [0, 0.05) is 24.5 Å². The number of aromatic nitrogens is 3. The third kappa shape index (κ3) is 4.42. The topological polar surface area (TPSA) is 151 Å². The van der Waals surface area contributed by atoms with Crippen LogP contribution < -0.4 is 15.9 Å². The molecular weight excluding hydrogens is 507 g/mol. The lowest BCUT2D eigenvalue weighted by molar-refractivity contribution is -0.138. The Balaban J connectivity index is 2.03. The van der Waals surface area contributed by atoms with Crippen LogP contribution >= 0.6 is 0 Å². The van der Waals surface area contributed by atoms with E-state index in [-0.39, 0.29) is 22.3 Å². The summed E-state index contributed by atoms with van der Waals surface area (Å²) in [5, 5.41) is 19.4. The second-order valence-corrected chi connectivity index (χ2v) is 7.73. The fourth-order valence-electron chi connectivity index (χ4n) is 3.78. The highest BCUT2D eigenvalue weighted by atomic mass is 19.4. The zero-order chi connectivity index (χ0) is 27.2. The molecule has 4 rings (SSSR count). The van der Waals surface area contributed by atoms with Crippen LogP contribution in [0.1, 0.15) is 27.2 Å². The first-order valence-electron chi connectivity index (χ1n) is 10.2. The lowest BCUT2D eigenvalue weighted by Crippen LogP contribution is -2.18. The van der Waals surface area contributed by atoms with Crippen molar-refractivity contribution in [3.05, 3.63) is 74.8 Å². The summed E-state index contributed by atoms with van der Waals surface area (Å²) in [5.41, 5.74) is 0.818. The van der Waals surface area contributed by atoms with E-state index in [1.165, 1.54) is 6.07 Å². The summed E-state index contributed by atoms with van der Waals surface area (Å²) in [6, 6.07) is 2.47. The minimum absolute atomic E-state index is 0.0132. The SMILES string of the molecule is Cc1c(C(F)(F)F)cnc(Oc2c(O)cc(F)c(F)c2CO)c1-c1cc(=O)c2c(C(N)=O)nccc2[nH]1. The number of hydrogen-bond donors (Lipinski definition) is 4. The average Bonchev–Trinajstić information content (AvgIpc) is 2.81. The van der Waals surface area contributed by atoms with E-state index in [2.05, 4.69) is 15.0 Å². The van der Waals surface area contributed by atoms with E-state index in [4.69, 9.17) is 10.5 Å². The first-order chi connectivity index (χ1) is 17.3. The van der Waals surface area contributed by atoms with E-state index in [9.17, 15) is 41.8 Å². The number of H-pyrrole nitrogens is 1. The summed E-state index contributed by atoms with van der Waals surface area (Å²) in [4.78, 5) is 34.7. The molecule has 9 nitrogen and oxygen atoms in total. The largest absolute Gasteiger partial charge is 0.504 e. The number of phenolic OH excluding ortho intramolecular Hbond substituents is 1. The van der Waals surface area contributed by atoms with Crippen LogP contribution in [0.5, 0.6) is 17.4 Å². The number of nitrogens with two attached hydrogens (primary N) is 1. The standard InChI is InChI=1S/C23H15F5N4O5/c1-8-10(23(26,27)28)6-31-22(37-20-9(7-33)18(25)11(24)4-15(20)35)16(8)13-5-14(34)17-12(32-13)2-3-30-19(17)21(29)36/h2-6,33,35H,7H2,1H3,(H2,29,36)(H,32,34). The van der Waals surface area contributed by atoms with Gasteiger partial charge in [-0.15, -0.1) is 0 Å². The number of rotatable bonds is 5. The third-order valence-corrected chi connectivity index (χ3v) is 5.46. The summed E-state index contributed by atoms with van der Waals surface area (Å²) >= 11 is 0. The zero-order valence-corrected chi connectivity index (χ0v) is 18.6. The number of ether oxygens (including phenoxy) is 1. The van der Waals surface area contributed by atoms with Gasteiger partial charge < -0.3 is 25.7 Å². The first kappa shape index (κ1) is 25.5. The van der Waals surface area contributed by atoms with Gasteiger partial charge in [-0.25, -0.2) is 13.8 Å². The molecule has 3 aromatic heterocycles. The van der Waals surface area contributed by atoms with Crippen LogP contribution in [0.3, 0.4) is 0 Å². The van der Waals surface area contributed by atoms with E-state index < -0.39 is 75.4 Å². The molecule has 4 aromatic rings. The second kappa shape index (κ2) is 9.13. The molecule has 5 N–H and O–H groups in total. The molecular formula is C23H15F5N4O5. The van der Waals surface area contributed by atoms with Crippen molar-refractivity contribution >= 4 is 16.8 Å². The fourth-order valence-corrected chi connectivity index (χ4v) is 3.78. The maximum atomic E-state index is 14.2. The summed E-state index contributed by atoms with van der Waals surface area (Å²) in [6.45, 7) is -0.0915. The molecule has 0 unspecified atom stereocenters. The summed E-state index contributed by atoms with van der Waals surface area (Å²) in [6.07, 6.45) is -3.33. The first-order valence-corrected chi connectivity index (χ1v) is 10.2. The molecule has 3 heterocycles. The van der Waals surface area contributed by atoms with Gasteiger partial charge in [-0.3, -0.25) is 14.6 Å². The van der Waals surface area contributed by atoms with Crippen LogP contribution in [0.4, 0.5) is 22.0 Å². The highest BCUT2D eigenvalue weighted by Gasteiger charge is 2.35. The predicted molar refractivity (Wildman–Crippen MR) is 118 cm³/mol. The summed E-state index contributed by atoms with van der Waals surface area (Å²) in [5.74, 6) is -6.53. The molecule has 0 fully saturated rings. The van der Waals surface area contributed by atoms with Gasteiger partial charge in [0.15, 0.2) is 28.6 Å². The maximum Gasteiger partial charge on any atom is 0.418 e. The van der Waals surface area contributed by atoms with Gasteiger partial charge in [-0.2, -0.15) is 13.2 Å². The van der Waals surface area contributed by atoms with Crippen LogP contribution in [0.15, 0.2) is 35.4 Å². The Labute approximate surface area is 203 Å².